The molecule has 2 aromatic heterocycles. The van der Waals surface area contributed by atoms with Gasteiger partial charge in [-0.1, -0.05) is 12.1 Å². The van der Waals surface area contributed by atoms with Gasteiger partial charge in [0, 0.05) is 11.9 Å². The van der Waals surface area contributed by atoms with Crippen LogP contribution in [-0.4, -0.2) is 17.4 Å². The molecule has 0 spiro atoms. The monoisotopic (exact) mass is 322 g/mol. The molecule has 0 amide bonds. The van der Waals surface area contributed by atoms with Gasteiger partial charge in [-0.25, -0.2) is 4.68 Å². The van der Waals surface area contributed by atoms with Crippen molar-refractivity contribution in [3.05, 3.63) is 64.0 Å². The van der Waals surface area contributed by atoms with Gasteiger partial charge in [0.05, 0.1) is 24.1 Å². The molecule has 0 bridgehead atoms. The lowest BCUT2D eigenvalue weighted by molar-refractivity contribution is 0.575. The molecule has 0 unspecified atom stereocenters. The maximum atomic E-state index is 8.84. The summed E-state index contributed by atoms with van der Waals surface area (Å²) in [7, 11) is 0. The van der Waals surface area contributed by atoms with Crippen molar-refractivity contribution in [2.45, 2.75) is 6.92 Å². The van der Waals surface area contributed by atoms with Gasteiger partial charge < -0.3 is 4.42 Å². The Balaban J connectivity index is 2.00. The Bertz CT molecular complexity index is 909. The average molecular weight is 322 g/mol. The minimum Gasteiger partial charge on any atom is -0.463 e. The number of furan rings is 1. The number of hydrogen-bond donors (Lipinski definition) is 0. The fraction of sp³-hybridized carbons (Fsp3) is 0.118. The molecule has 0 aliphatic heterocycles. The van der Waals surface area contributed by atoms with E-state index in [0.29, 0.717) is 12.1 Å². The Hall–Kier alpha value is -2.91. The molecule has 0 aliphatic carbocycles. The van der Waals surface area contributed by atoms with Gasteiger partial charge in [0.25, 0.3) is 0 Å². The maximum Gasteiger partial charge on any atom is 0.206 e. The fourth-order valence-electron chi connectivity index (χ4n) is 2.02. The van der Waals surface area contributed by atoms with Crippen LogP contribution in [0.4, 0.5) is 0 Å². The Kier molecular flexibility index (Phi) is 4.50. The first-order valence-corrected chi connectivity index (χ1v) is 7.99. The molecule has 0 saturated carbocycles. The molecule has 2 heterocycles. The van der Waals surface area contributed by atoms with Crippen molar-refractivity contribution in [3.63, 3.8) is 0 Å². The first kappa shape index (κ1) is 15.0. The van der Waals surface area contributed by atoms with E-state index in [0.717, 1.165) is 21.8 Å². The number of rotatable bonds is 4. The molecule has 3 aromatic rings. The molecule has 0 aliphatic rings. The van der Waals surface area contributed by atoms with E-state index in [1.807, 2.05) is 36.6 Å². The Morgan fingerprint density at radius 3 is 2.78 bits per heavy atom. The van der Waals surface area contributed by atoms with Crippen LogP contribution >= 0.6 is 11.3 Å². The zero-order valence-electron chi connectivity index (χ0n) is 12.5. The van der Waals surface area contributed by atoms with Gasteiger partial charge in [0.2, 0.25) is 4.80 Å². The van der Waals surface area contributed by atoms with Gasteiger partial charge in [0.15, 0.2) is 5.76 Å². The minimum atomic E-state index is 0.628. The number of thiazole rings is 1. The van der Waals surface area contributed by atoms with Crippen molar-refractivity contribution in [1.29, 1.82) is 5.26 Å². The van der Waals surface area contributed by atoms with Crippen LogP contribution in [0.15, 0.2) is 62.6 Å². The highest BCUT2D eigenvalue weighted by molar-refractivity contribution is 7.07. The Labute approximate surface area is 137 Å². The summed E-state index contributed by atoms with van der Waals surface area (Å²) in [5.74, 6) is 0.746. The van der Waals surface area contributed by atoms with E-state index in [2.05, 4.69) is 16.2 Å². The zero-order valence-corrected chi connectivity index (χ0v) is 13.3. The maximum absolute atomic E-state index is 8.84. The third-order valence-corrected chi connectivity index (χ3v) is 3.97. The van der Waals surface area contributed by atoms with E-state index in [4.69, 9.17) is 9.68 Å². The minimum absolute atomic E-state index is 0.628. The van der Waals surface area contributed by atoms with Gasteiger partial charge >= 0.3 is 0 Å². The van der Waals surface area contributed by atoms with Crippen molar-refractivity contribution in [3.8, 4) is 17.5 Å². The number of benzene rings is 1. The molecule has 0 saturated heterocycles. The van der Waals surface area contributed by atoms with Crippen LogP contribution in [0.5, 0.6) is 0 Å². The van der Waals surface area contributed by atoms with E-state index >= 15 is 0 Å². The van der Waals surface area contributed by atoms with Crippen LogP contribution in [-0.2, 0) is 0 Å². The van der Waals surface area contributed by atoms with Crippen LogP contribution in [0.2, 0.25) is 0 Å². The Morgan fingerprint density at radius 1 is 1.30 bits per heavy atom. The summed E-state index contributed by atoms with van der Waals surface area (Å²) in [5.41, 5.74) is 2.40. The smallest absolute Gasteiger partial charge is 0.206 e. The average Bonchev–Trinajstić information content (AvgIpc) is 3.23. The summed E-state index contributed by atoms with van der Waals surface area (Å²) >= 11 is 1.52. The van der Waals surface area contributed by atoms with Crippen LogP contribution in [0.25, 0.3) is 11.5 Å². The van der Waals surface area contributed by atoms with E-state index in [1.54, 1.807) is 29.3 Å². The molecule has 0 fully saturated rings. The van der Waals surface area contributed by atoms with Crippen molar-refractivity contribution in [1.82, 2.24) is 4.68 Å². The first-order chi connectivity index (χ1) is 11.3. The predicted octanol–water partition coefficient (Wildman–Crippen LogP) is 3.48. The van der Waals surface area contributed by atoms with E-state index in [9.17, 15) is 0 Å². The number of hydrogen-bond acceptors (Lipinski definition) is 5. The summed E-state index contributed by atoms with van der Waals surface area (Å²) in [5, 5.41) is 15.3. The van der Waals surface area contributed by atoms with E-state index in [-0.39, 0.29) is 0 Å². The molecule has 0 radical (unpaired) electrons. The van der Waals surface area contributed by atoms with E-state index < -0.39 is 0 Å². The highest BCUT2D eigenvalue weighted by atomic mass is 32.1. The summed E-state index contributed by atoms with van der Waals surface area (Å²) in [6.45, 7) is 2.67. The topological polar surface area (TPSA) is 66.6 Å². The van der Waals surface area contributed by atoms with E-state index in [1.165, 1.54) is 11.3 Å². The number of nitriles is 1. The third kappa shape index (κ3) is 3.30. The second-order valence-corrected chi connectivity index (χ2v) is 5.48. The summed E-state index contributed by atoms with van der Waals surface area (Å²) in [6, 6.07) is 13.1. The molecule has 0 atom stereocenters. The molecule has 3 rings (SSSR count). The largest absolute Gasteiger partial charge is 0.463 e. The zero-order chi connectivity index (χ0) is 16.1. The molecule has 23 heavy (non-hydrogen) atoms. The van der Waals surface area contributed by atoms with Crippen LogP contribution in [0, 0.1) is 11.3 Å². The van der Waals surface area contributed by atoms with Gasteiger partial charge in [-0.2, -0.15) is 10.4 Å². The molecule has 5 nitrogen and oxygen atoms in total. The second kappa shape index (κ2) is 6.90. The molecule has 6 heteroatoms. The first-order valence-electron chi connectivity index (χ1n) is 7.11. The normalized spacial score (nSPS) is 11.9. The molecule has 0 N–H and O–H groups in total. The summed E-state index contributed by atoms with van der Waals surface area (Å²) in [4.78, 5) is 5.27. The van der Waals surface area contributed by atoms with Gasteiger partial charge in [-0.3, -0.25) is 4.99 Å². The molecular formula is C17H14N4OS. The lowest BCUT2D eigenvalue weighted by Crippen LogP contribution is -2.12. The van der Waals surface area contributed by atoms with Gasteiger partial charge in [-0.15, -0.1) is 11.3 Å². The fourth-order valence-corrected chi connectivity index (χ4v) is 2.90. The molecule has 1 aromatic carbocycles. The van der Waals surface area contributed by atoms with Crippen molar-refractivity contribution in [2.75, 3.05) is 6.54 Å². The SMILES string of the molecule is CCN=c1scc(-c2ccco2)n1/N=C/c1ccc(C#N)cc1. The Morgan fingerprint density at radius 2 is 2.13 bits per heavy atom. The van der Waals surface area contributed by atoms with Crippen molar-refractivity contribution in [2.24, 2.45) is 10.1 Å². The standard InChI is InChI=1S/C17H14N4OS/c1-2-19-17-21(15(12-23-17)16-4-3-9-22-16)20-11-14-7-5-13(10-18)6-8-14/h3-9,11-12H,2H2,1H3/b19-17?,20-11+. The van der Waals surface area contributed by atoms with Crippen LogP contribution < -0.4 is 4.80 Å². The highest BCUT2D eigenvalue weighted by Crippen LogP contribution is 2.20. The van der Waals surface area contributed by atoms with Crippen LogP contribution in [0.3, 0.4) is 0 Å². The second-order valence-electron chi connectivity index (χ2n) is 4.65. The third-order valence-electron chi connectivity index (χ3n) is 3.11. The summed E-state index contributed by atoms with van der Waals surface area (Å²) in [6.07, 6.45) is 3.38. The van der Waals surface area contributed by atoms with Crippen molar-refractivity contribution >= 4 is 17.6 Å². The molecule has 114 valence electrons. The lowest BCUT2D eigenvalue weighted by Gasteiger charge is -2.00. The highest BCUT2D eigenvalue weighted by Gasteiger charge is 2.09. The predicted molar refractivity (Wildman–Crippen MR) is 90.3 cm³/mol. The summed E-state index contributed by atoms with van der Waals surface area (Å²) < 4.78 is 7.24. The lowest BCUT2D eigenvalue weighted by atomic mass is 10.2. The number of aromatic nitrogens is 1. The quantitative estimate of drug-likeness (QED) is 0.690. The number of nitrogens with zero attached hydrogens (tertiary/aromatic N) is 4. The van der Waals surface area contributed by atoms with Gasteiger partial charge in [-0.05, 0) is 36.8 Å². The van der Waals surface area contributed by atoms with Crippen LogP contribution in [0.1, 0.15) is 18.1 Å². The van der Waals surface area contributed by atoms with Crippen molar-refractivity contribution < 1.29 is 4.42 Å². The molecular weight excluding hydrogens is 308 g/mol. The van der Waals surface area contributed by atoms with Gasteiger partial charge in [0.1, 0.15) is 5.69 Å².